The zero-order valence-electron chi connectivity index (χ0n) is 18.7. The molecule has 29 heavy (non-hydrogen) atoms. The number of carbonyl (C=O) groups excluding carboxylic acids is 3. The topological polar surface area (TPSA) is 108 Å². The van der Waals surface area contributed by atoms with E-state index in [9.17, 15) is 19.5 Å². The highest BCUT2D eigenvalue weighted by Crippen LogP contribution is 2.11. The number of rotatable bonds is 16. The number of aliphatic hydroxyl groups excluding tert-OH is 1. The summed E-state index contributed by atoms with van der Waals surface area (Å²) in [5, 5.41) is 17.8. The van der Waals surface area contributed by atoms with Gasteiger partial charge in [-0.3, -0.25) is 14.4 Å². The number of unbranched alkanes of at least 4 members (excludes halogenated alkanes) is 5. The van der Waals surface area contributed by atoms with Crippen molar-refractivity contribution in [3.8, 4) is 0 Å². The van der Waals surface area contributed by atoms with E-state index in [4.69, 9.17) is 0 Å². The molecule has 0 aromatic heterocycles. The van der Waals surface area contributed by atoms with Gasteiger partial charge < -0.3 is 21.1 Å². The van der Waals surface area contributed by atoms with Crippen LogP contribution >= 0.6 is 0 Å². The van der Waals surface area contributed by atoms with Crippen molar-refractivity contribution >= 4 is 17.7 Å². The summed E-state index contributed by atoms with van der Waals surface area (Å²) in [7, 11) is 1.53. The van der Waals surface area contributed by atoms with Crippen molar-refractivity contribution in [3.05, 3.63) is 12.3 Å². The second-order valence-electron chi connectivity index (χ2n) is 8.03. The van der Waals surface area contributed by atoms with Gasteiger partial charge in [-0.2, -0.15) is 0 Å². The Morgan fingerprint density at radius 2 is 1.52 bits per heavy atom. The molecule has 0 spiro atoms. The molecule has 0 aromatic rings. The third-order valence-electron chi connectivity index (χ3n) is 4.77. The molecule has 0 bridgehead atoms. The summed E-state index contributed by atoms with van der Waals surface area (Å²) in [6, 6.07) is -1.41. The number of amides is 3. The first kappa shape index (κ1) is 27.0. The van der Waals surface area contributed by atoms with E-state index in [0.717, 1.165) is 19.3 Å². The van der Waals surface area contributed by atoms with Crippen LogP contribution in [0, 0.1) is 5.92 Å². The van der Waals surface area contributed by atoms with Gasteiger partial charge in [0.15, 0.2) is 0 Å². The molecule has 0 saturated carbocycles. The van der Waals surface area contributed by atoms with Gasteiger partial charge in [0.1, 0.15) is 11.8 Å². The summed E-state index contributed by atoms with van der Waals surface area (Å²) < 4.78 is 0. The van der Waals surface area contributed by atoms with Crippen molar-refractivity contribution in [2.45, 2.75) is 97.1 Å². The Labute approximate surface area is 176 Å². The van der Waals surface area contributed by atoms with Gasteiger partial charge >= 0.3 is 0 Å². The Morgan fingerprint density at radius 1 is 0.897 bits per heavy atom. The smallest absolute Gasteiger partial charge is 0.243 e. The normalized spacial score (nSPS) is 12.9. The first-order valence-electron chi connectivity index (χ1n) is 10.9. The van der Waals surface area contributed by atoms with Gasteiger partial charge in [-0.25, -0.2) is 0 Å². The monoisotopic (exact) mass is 411 g/mol. The van der Waals surface area contributed by atoms with E-state index in [2.05, 4.69) is 29.5 Å². The molecule has 0 aliphatic rings. The van der Waals surface area contributed by atoms with Gasteiger partial charge in [-0.1, -0.05) is 59.5 Å². The maximum Gasteiger partial charge on any atom is 0.243 e. The second-order valence-corrected chi connectivity index (χ2v) is 8.03. The quantitative estimate of drug-likeness (QED) is 0.231. The first-order chi connectivity index (χ1) is 13.7. The summed E-state index contributed by atoms with van der Waals surface area (Å²) in [5.41, 5.74) is 0. The van der Waals surface area contributed by atoms with Crippen molar-refractivity contribution in [3.63, 3.8) is 0 Å². The molecule has 0 radical (unpaired) electrons. The molecule has 0 unspecified atom stereocenters. The van der Waals surface area contributed by atoms with E-state index < -0.39 is 12.1 Å². The lowest BCUT2D eigenvalue weighted by Crippen LogP contribution is -2.50. The van der Waals surface area contributed by atoms with Gasteiger partial charge in [-0.15, -0.1) is 0 Å². The van der Waals surface area contributed by atoms with Crippen molar-refractivity contribution in [2.75, 3.05) is 7.05 Å². The standard InChI is InChI=1S/C22H41N3O4/c1-6-7-8-9-10-11-12-21(28)24-19(15-16(2)3)22(29)25-18(17(4)26)13-14-20(27)23-5/h16,18-19,26H,4,6-15H2,1-3,5H3,(H,23,27)(H,24,28)(H,25,29)/t18-,19-/m0/s1. The Kier molecular flexibility index (Phi) is 14.7. The lowest BCUT2D eigenvalue weighted by molar-refractivity contribution is -0.130. The van der Waals surface area contributed by atoms with Gasteiger partial charge in [0, 0.05) is 19.9 Å². The summed E-state index contributed by atoms with van der Waals surface area (Å²) in [4.78, 5) is 36.4. The highest BCUT2D eigenvalue weighted by Gasteiger charge is 2.25. The maximum absolute atomic E-state index is 12.7. The molecule has 0 rings (SSSR count). The predicted octanol–water partition coefficient (Wildman–Crippen LogP) is 3.35. The van der Waals surface area contributed by atoms with Gasteiger partial charge in [0.05, 0.1) is 6.04 Å². The summed E-state index contributed by atoms with van der Waals surface area (Å²) in [5.74, 6) is -0.680. The SMILES string of the molecule is C=C(O)[C@H](CCC(=O)NC)NC(=O)[C@H](CC(C)C)NC(=O)CCCCCCCC. The van der Waals surface area contributed by atoms with Crippen LogP contribution in [0.15, 0.2) is 12.3 Å². The second kappa shape index (κ2) is 15.8. The lowest BCUT2D eigenvalue weighted by atomic mass is 10.0. The Hall–Kier alpha value is -2.05. The molecule has 7 heteroatoms. The van der Waals surface area contributed by atoms with Gasteiger partial charge in [-0.05, 0) is 25.2 Å². The number of hydrogen-bond donors (Lipinski definition) is 4. The number of hydrogen-bond acceptors (Lipinski definition) is 4. The molecule has 7 nitrogen and oxygen atoms in total. The molecule has 0 fully saturated rings. The van der Waals surface area contributed by atoms with Crippen LogP contribution in [0.3, 0.4) is 0 Å². The van der Waals surface area contributed by atoms with Crippen LogP contribution < -0.4 is 16.0 Å². The maximum atomic E-state index is 12.7. The van der Waals surface area contributed by atoms with E-state index in [0.29, 0.717) is 12.8 Å². The summed E-state index contributed by atoms with van der Waals surface area (Å²) in [6.07, 6.45) is 7.85. The third-order valence-corrected chi connectivity index (χ3v) is 4.77. The Morgan fingerprint density at radius 3 is 2.07 bits per heavy atom. The van der Waals surface area contributed by atoms with Crippen LogP contribution in [0.4, 0.5) is 0 Å². The van der Waals surface area contributed by atoms with E-state index in [-0.39, 0.29) is 42.2 Å². The summed E-state index contributed by atoms with van der Waals surface area (Å²) in [6.45, 7) is 9.62. The van der Waals surface area contributed by atoms with E-state index in [1.54, 1.807) is 0 Å². The molecule has 2 atom stereocenters. The minimum absolute atomic E-state index is 0.133. The zero-order valence-corrected chi connectivity index (χ0v) is 18.7. The molecule has 0 aliphatic heterocycles. The van der Waals surface area contributed by atoms with E-state index in [1.807, 2.05) is 13.8 Å². The van der Waals surface area contributed by atoms with Crippen molar-refractivity contribution in [2.24, 2.45) is 5.92 Å². The zero-order chi connectivity index (χ0) is 22.2. The van der Waals surface area contributed by atoms with Crippen LogP contribution in [-0.2, 0) is 14.4 Å². The highest BCUT2D eigenvalue weighted by molar-refractivity contribution is 5.88. The molecule has 3 amide bonds. The number of carbonyl (C=O) groups is 3. The lowest BCUT2D eigenvalue weighted by Gasteiger charge is -2.24. The van der Waals surface area contributed by atoms with Crippen LogP contribution in [0.1, 0.15) is 85.0 Å². The molecule has 0 aromatic carbocycles. The van der Waals surface area contributed by atoms with E-state index in [1.165, 1.54) is 26.3 Å². The first-order valence-corrected chi connectivity index (χ1v) is 10.9. The fourth-order valence-corrected chi connectivity index (χ4v) is 3.03. The highest BCUT2D eigenvalue weighted by atomic mass is 16.3. The van der Waals surface area contributed by atoms with Crippen LogP contribution in [0.2, 0.25) is 0 Å². The molecule has 0 heterocycles. The predicted molar refractivity (Wildman–Crippen MR) is 116 cm³/mol. The molecular weight excluding hydrogens is 370 g/mol. The average molecular weight is 412 g/mol. The van der Waals surface area contributed by atoms with Crippen LogP contribution in [0.5, 0.6) is 0 Å². The molecular formula is C22H41N3O4. The largest absolute Gasteiger partial charge is 0.511 e. The molecule has 0 aliphatic carbocycles. The molecule has 0 saturated heterocycles. The summed E-state index contributed by atoms with van der Waals surface area (Å²) >= 11 is 0. The van der Waals surface area contributed by atoms with Gasteiger partial charge in [0.2, 0.25) is 17.7 Å². The molecule has 168 valence electrons. The van der Waals surface area contributed by atoms with Crippen molar-refractivity contribution in [1.29, 1.82) is 0 Å². The van der Waals surface area contributed by atoms with Crippen LogP contribution in [-0.4, -0.2) is 42.0 Å². The van der Waals surface area contributed by atoms with Gasteiger partial charge in [0.25, 0.3) is 0 Å². The van der Waals surface area contributed by atoms with Crippen LogP contribution in [0.25, 0.3) is 0 Å². The minimum Gasteiger partial charge on any atom is -0.511 e. The number of aliphatic hydroxyl groups is 1. The average Bonchev–Trinajstić information content (AvgIpc) is 2.66. The third kappa shape index (κ3) is 13.7. The van der Waals surface area contributed by atoms with Crippen molar-refractivity contribution < 1.29 is 19.5 Å². The van der Waals surface area contributed by atoms with Crippen molar-refractivity contribution in [1.82, 2.24) is 16.0 Å². The number of nitrogens with one attached hydrogen (secondary N) is 3. The molecule has 4 N–H and O–H groups in total. The fraction of sp³-hybridized carbons (Fsp3) is 0.773. The Balaban J connectivity index is 4.67. The minimum atomic E-state index is -0.732. The van der Waals surface area contributed by atoms with E-state index >= 15 is 0 Å². The Bertz CT molecular complexity index is 520. The fourth-order valence-electron chi connectivity index (χ4n) is 3.03.